The van der Waals surface area contributed by atoms with Crippen molar-refractivity contribution in [2.45, 2.75) is 115 Å². The van der Waals surface area contributed by atoms with Crippen LogP contribution in [0.25, 0.3) is 0 Å². The monoisotopic (exact) mass is 734 g/mol. The van der Waals surface area contributed by atoms with Gasteiger partial charge in [0.15, 0.2) is 0 Å². The van der Waals surface area contributed by atoms with Crippen LogP contribution in [0, 0.1) is 0 Å². The SMILES string of the molecule is C1=CC(N(C2=CC=C(/C=C/C3=CC=C(/C=C/C4=CC=C(N(C5=CCCC=C5)C5C=CC6=C(C=CCC6)C5)CC4)CC3)CC2)C2C=CC3=C(C=CCC3)C2)=CCC1. The summed E-state index contributed by atoms with van der Waals surface area (Å²) in [5.41, 5.74) is 17.5. The Morgan fingerprint density at radius 1 is 0.375 bits per heavy atom. The maximum atomic E-state index is 2.63. The van der Waals surface area contributed by atoms with E-state index in [4.69, 9.17) is 0 Å². The predicted octanol–water partition coefficient (Wildman–Crippen LogP) is 14.0. The third kappa shape index (κ3) is 8.51. The van der Waals surface area contributed by atoms with Crippen molar-refractivity contribution >= 4 is 0 Å². The van der Waals surface area contributed by atoms with Crippen LogP contribution in [0.3, 0.4) is 0 Å². The van der Waals surface area contributed by atoms with E-state index < -0.39 is 0 Å². The van der Waals surface area contributed by atoms with E-state index in [0.29, 0.717) is 12.1 Å². The van der Waals surface area contributed by atoms with E-state index >= 15 is 0 Å². The zero-order valence-electron chi connectivity index (χ0n) is 33.2. The van der Waals surface area contributed by atoms with Crippen molar-refractivity contribution in [2.75, 3.05) is 0 Å². The molecule has 2 unspecified atom stereocenters. The number of rotatable bonds is 10. The van der Waals surface area contributed by atoms with Crippen LogP contribution in [0.15, 0.2) is 213 Å². The molecular weight excluding hydrogens is 677 g/mol. The Bertz CT molecular complexity index is 2000. The second kappa shape index (κ2) is 17.4. The Labute approximate surface area is 336 Å². The summed E-state index contributed by atoms with van der Waals surface area (Å²) in [5.74, 6) is 0. The zero-order chi connectivity index (χ0) is 37.5. The average molecular weight is 735 g/mol. The Morgan fingerprint density at radius 3 is 1.16 bits per heavy atom. The molecule has 0 saturated carbocycles. The quantitative estimate of drug-likeness (QED) is 0.220. The van der Waals surface area contributed by atoms with E-state index in [1.165, 1.54) is 81.9 Å². The molecule has 0 aliphatic heterocycles. The van der Waals surface area contributed by atoms with Gasteiger partial charge < -0.3 is 9.80 Å². The largest absolute Gasteiger partial charge is 0.338 e. The highest BCUT2D eigenvalue weighted by molar-refractivity contribution is 5.47. The van der Waals surface area contributed by atoms with E-state index in [1.54, 1.807) is 11.1 Å². The molecule has 0 aromatic heterocycles. The summed E-state index contributed by atoms with van der Waals surface area (Å²) in [6.07, 6.45) is 75.2. The van der Waals surface area contributed by atoms with Crippen molar-refractivity contribution in [3.63, 3.8) is 0 Å². The van der Waals surface area contributed by atoms with Crippen molar-refractivity contribution in [1.82, 2.24) is 9.80 Å². The summed E-state index contributed by atoms with van der Waals surface area (Å²) < 4.78 is 0. The van der Waals surface area contributed by atoms with Gasteiger partial charge in [0.1, 0.15) is 0 Å². The standard InChI is InChI=1S/C54H58N2/c1-3-15-49(16-4-1)55(53-37-31-45-11-7-9-13-47(45)39-53)51-33-27-43(28-34-51)25-23-41-19-21-42(22-20-41)24-26-44-29-35-52(36-30-44)56(50-17-5-2-6-18-50)54-38-32-46-12-8-10-14-48(46)40-54/h3,5,9-10,13-19,21,23-27,29,31-33,35,37-38,53-54H,1-2,4,6-8,11-12,20,22,28,30,34,36,39-40H2/b25-23+,26-24+. The molecule has 0 saturated heterocycles. The summed E-state index contributed by atoms with van der Waals surface area (Å²) in [7, 11) is 0. The van der Waals surface area contributed by atoms with Gasteiger partial charge >= 0.3 is 0 Å². The zero-order valence-corrected chi connectivity index (χ0v) is 33.2. The van der Waals surface area contributed by atoms with Crippen LogP contribution in [0.5, 0.6) is 0 Å². The Hall–Kier alpha value is -5.08. The summed E-state index contributed by atoms with van der Waals surface area (Å²) in [5, 5.41) is 0. The molecule has 0 radical (unpaired) electrons. The fourth-order valence-electron chi connectivity index (χ4n) is 9.68. The molecule has 9 aliphatic carbocycles. The molecule has 0 N–H and O–H groups in total. The first-order valence-corrected chi connectivity index (χ1v) is 21.7. The predicted molar refractivity (Wildman–Crippen MR) is 237 cm³/mol. The fourth-order valence-corrected chi connectivity index (χ4v) is 9.68. The molecule has 2 heteroatoms. The van der Waals surface area contributed by atoms with Crippen molar-refractivity contribution in [2.24, 2.45) is 0 Å². The number of hydrogen-bond acceptors (Lipinski definition) is 2. The van der Waals surface area contributed by atoms with Crippen LogP contribution >= 0.6 is 0 Å². The smallest absolute Gasteiger partial charge is 0.0562 e. The minimum atomic E-state index is 0.380. The van der Waals surface area contributed by atoms with Gasteiger partial charge in [-0.05, 0) is 172 Å². The van der Waals surface area contributed by atoms with Crippen molar-refractivity contribution in [1.29, 1.82) is 0 Å². The van der Waals surface area contributed by atoms with Gasteiger partial charge in [0, 0.05) is 22.8 Å². The van der Waals surface area contributed by atoms with Gasteiger partial charge in [-0.15, -0.1) is 0 Å². The molecule has 0 heterocycles. The van der Waals surface area contributed by atoms with Gasteiger partial charge in [-0.1, -0.05) is 122 Å². The molecule has 2 nitrogen and oxygen atoms in total. The minimum Gasteiger partial charge on any atom is -0.338 e. The molecule has 0 amide bonds. The van der Waals surface area contributed by atoms with E-state index in [-0.39, 0.29) is 0 Å². The van der Waals surface area contributed by atoms with Crippen molar-refractivity contribution in [3.8, 4) is 0 Å². The van der Waals surface area contributed by atoms with Crippen LogP contribution in [0.4, 0.5) is 0 Å². The van der Waals surface area contributed by atoms with Gasteiger partial charge in [-0.3, -0.25) is 0 Å². The topological polar surface area (TPSA) is 6.48 Å². The molecule has 284 valence electrons. The van der Waals surface area contributed by atoms with Crippen LogP contribution < -0.4 is 0 Å². The highest BCUT2D eigenvalue weighted by atomic mass is 15.2. The normalized spacial score (nSPS) is 25.9. The maximum Gasteiger partial charge on any atom is 0.0562 e. The fraction of sp³-hybridized carbons (Fsp3) is 0.333. The molecule has 56 heavy (non-hydrogen) atoms. The van der Waals surface area contributed by atoms with Crippen LogP contribution in [0.2, 0.25) is 0 Å². The number of nitrogens with zero attached hydrogens (tertiary/aromatic N) is 2. The minimum absolute atomic E-state index is 0.380. The lowest BCUT2D eigenvalue weighted by Crippen LogP contribution is -2.34. The molecule has 2 atom stereocenters. The molecule has 0 fully saturated rings. The molecular formula is C54H58N2. The second-order valence-electron chi connectivity index (χ2n) is 16.7. The van der Waals surface area contributed by atoms with Gasteiger partial charge in [-0.2, -0.15) is 0 Å². The lowest BCUT2D eigenvalue weighted by atomic mass is 9.86. The summed E-state index contributed by atoms with van der Waals surface area (Å²) >= 11 is 0. The molecule has 0 spiro atoms. The summed E-state index contributed by atoms with van der Waals surface area (Å²) in [4.78, 5) is 5.27. The van der Waals surface area contributed by atoms with E-state index in [2.05, 4.69) is 156 Å². The first-order chi connectivity index (χ1) is 27.7. The molecule has 0 aromatic rings. The van der Waals surface area contributed by atoms with Gasteiger partial charge in [0.2, 0.25) is 0 Å². The average Bonchev–Trinajstić information content (AvgIpc) is 3.27. The van der Waals surface area contributed by atoms with Crippen molar-refractivity contribution < 1.29 is 0 Å². The van der Waals surface area contributed by atoms with Crippen molar-refractivity contribution in [3.05, 3.63) is 213 Å². The molecule has 9 aliphatic rings. The first kappa shape index (κ1) is 36.6. The van der Waals surface area contributed by atoms with Crippen LogP contribution in [0.1, 0.15) is 103 Å². The molecule has 9 rings (SSSR count). The van der Waals surface area contributed by atoms with Gasteiger partial charge in [0.05, 0.1) is 12.1 Å². The number of allylic oxidation sites excluding steroid dienone is 30. The first-order valence-electron chi connectivity index (χ1n) is 21.7. The van der Waals surface area contributed by atoms with Crippen LogP contribution in [-0.4, -0.2) is 21.9 Å². The lowest BCUT2D eigenvalue weighted by molar-refractivity contribution is 0.350. The highest BCUT2D eigenvalue weighted by Crippen LogP contribution is 2.38. The Kier molecular flexibility index (Phi) is 11.3. The Balaban J connectivity index is 0.835. The summed E-state index contributed by atoms with van der Waals surface area (Å²) in [6.45, 7) is 0. The second-order valence-corrected chi connectivity index (χ2v) is 16.7. The van der Waals surface area contributed by atoms with E-state index in [0.717, 1.165) is 77.0 Å². The molecule has 0 bridgehead atoms. The van der Waals surface area contributed by atoms with E-state index in [1.807, 2.05) is 0 Å². The Morgan fingerprint density at radius 2 is 0.786 bits per heavy atom. The lowest BCUT2D eigenvalue weighted by Gasteiger charge is -2.38. The third-order valence-electron chi connectivity index (χ3n) is 12.9. The molecule has 0 aromatic carbocycles. The van der Waals surface area contributed by atoms with Gasteiger partial charge in [0.25, 0.3) is 0 Å². The van der Waals surface area contributed by atoms with E-state index in [9.17, 15) is 0 Å². The maximum absolute atomic E-state index is 2.63. The third-order valence-corrected chi connectivity index (χ3v) is 12.9. The van der Waals surface area contributed by atoms with Gasteiger partial charge in [-0.25, -0.2) is 0 Å². The number of hydrogen-bond donors (Lipinski definition) is 0. The highest BCUT2D eigenvalue weighted by Gasteiger charge is 2.28. The van der Waals surface area contributed by atoms with Crippen LogP contribution in [-0.2, 0) is 0 Å². The summed E-state index contributed by atoms with van der Waals surface area (Å²) in [6, 6.07) is 0.759.